The molecule has 0 bridgehead atoms. The number of aromatic nitrogens is 2. The topological polar surface area (TPSA) is 107 Å². The van der Waals surface area contributed by atoms with Crippen LogP contribution in [0.25, 0.3) is 10.4 Å². The van der Waals surface area contributed by atoms with E-state index in [-0.39, 0.29) is 27.0 Å². The largest absolute Gasteiger partial charge is 0.388 e. The second-order valence-electron chi connectivity index (χ2n) is 11.2. The molecule has 0 aromatic carbocycles. The van der Waals surface area contributed by atoms with Crippen LogP contribution in [-0.2, 0) is 0 Å². The summed E-state index contributed by atoms with van der Waals surface area (Å²) in [6, 6.07) is -0.396. The molecule has 2 aromatic heterocycles. The number of carbonyl (C=O) groups excluding carboxylic acids is 2. The van der Waals surface area contributed by atoms with Crippen molar-refractivity contribution in [2.75, 3.05) is 11.9 Å². The maximum Gasteiger partial charge on any atom is 0.280 e. The van der Waals surface area contributed by atoms with E-state index in [1.807, 2.05) is 20.8 Å². The second kappa shape index (κ2) is 10.4. The molecule has 2 atom stereocenters. The van der Waals surface area contributed by atoms with E-state index in [4.69, 9.17) is 0 Å². The summed E-state index contributed by atoms with van der Waals surface area (Å²) in [5, 5.41) is 15.5. The third-order valence-corrected chi connectivity index (χ3v) is 7.23. The number of hydrogen-bond acceptors (Lipinski definition) is 7. The molecule has 3 rings (SSSR count). The number of nitrogens with zero attached hydrogens (tertiary/aromatic N) is 3. The lowest BCUT2D eigenvalue weighted by Crippen LogP contribution is -2.47. The van der Waals surface area contributed by atoms with Gasteiger partial charge in [-0.3, -0.25) is 9.59 Å². The number of pyridine rings is 1. The molecule has 0 aliphatic carbocycles. The Balaban J connectivity index is 2.13. The fourth-order valence-corrected chi connectivity index (χ4v) is 4.89. The van der Waals surface area contributed by atoms with Gasteiger partial charge in [-0.05, 0) is 54.5 Å². The van der Waals surface area contributed by atoms with Gasteiger partial charge in [-0.1, -0.05) is 0 Å². The monoisotopic (exact) mass is 559 g/mol. The molecule has 38 heavy (non-hydrogen) atoms. The van der Waals surface area contributed by atoms with Gasteiger partial charge in [-0.25, -0.2) is 27.5 Å². The van der Waals surface area contributed by atoms with Crippen molar-refractivity contribution in [3.63, 3.8) is 0 Å². The highest BCUT2D eigenvalue weighted by atomic mass is 32.1. The van der Waals surface area contributed by atoms with Crippen molar-refractivity contribution >= 4 is 29.0 Å². The van der Waals surface area contributed by atoms with Crippen LogP contribution in [0.5, 0.6) is 0 Å². The number of amides is 2. The first-order chi connectivity index (χ1) is 17.3. The van der Waals surface area contributed by atoms with Crippen LogP contribution in [0, 0.1) is 0 Å². The van der Waals surface area contributed by atoms with E-state index in [2.05, 4.69) is 20.6 Å². The van der Waals surface area contributed by atoms with Crippen LogP contribution in [-0.4, -0.2) is 67.5 Å². The number of rotatable bonds is 7. The lowest BCUT2D eigenvalue weighted by Gasteiger charge is -2.26. The minimum absolute atomic E-state index is 0.0800. The molecule has 1 aliphatic heterocycles. The lowest BCUT2D eigenvalue weighted by molar-refractivity contribution is 0.0118. The third kappa shape index (κ3) is 6.79. The number of anilines is 1. The molecule has 2 aromatic rings. The number of hydrogen-bond donors (Lipinski definition) is 3. The van der Waals surface area contributed by atoms with Crippen molar-refractivity contribution in [3.8, 4) is 10.4 Å². The summed E-state index contributed by atoms with van der Waals surface area (Å²) in [7, 11) is 0. The molecular weight excluding hydrogens is 526 g/mol. The highest BCUT2D eigenvalue weighted by Gasteiger charge is 2.46. The molecule has 210 valence electrons. The molecule has 3 N–H and O–H groups in total. The van der Waals surface area contributed by atoms with Gasteiger partial charge < -0.3 is 20.6 Å². The number of halogens is 4. The number of carbonyl (C=O) groups is 2. The molecule has 8 nitrogen and oxygen atoms in total. The van der Waals surface area contributed by atoms with Crippen molar-refractivity contribution in [3.05, 3.63) is 28.5 Å². The molecule has 13 heteroatoms. The summed E-state index contributed by atoms with van der Waals surface area (Å²) in [6.07, 6.45) is -2.37. The standard InChI is InChI=1S/C25H33F4N5O3S/c1-12-9-25(28,29)11-34(12)22(36)17-18(38-21(32-17)20(35)31-13(2)24(6,7)37)15-10-30-16(33-23(3,4)5)8-14(15)19(26)27/h8,10,12-13,19,37H,9,11H2,1-7H3,(H,30,33)(H,31,35). The number of thiazole rings is 1. The second-order valence-corrected chi connectivity index (χ2v) is 12.2. The quantitative estimate of drug-likeness (QED) is 0.407. The summed E-state index contributed by atoms with van der Waals surface area (Å²) >= 11 is 0.679. The Morgan fingerprint density at radius 3 is 2.37 bits per heavy atom. The van der Waals surface area contributed by atoms with Gasteiger partial charge in [0.05, 0.1) is 23.1 Å². The first-order valence-electron chi connectivity index (χ1n) is 12.1. The Morgan fingerprint density at radius 2 is 1.87 bits per heavy atom. The number of nitrogens with one attached hydrogen (secondary N) is 2. The maximum atomic E-state index is 14.2. The van der Waals surface area contributed by atoms with Gasteiger partial charge in [0, 0.05) is 35.3 Å². The zero-order valence-corrected chi connectivity index (χ0v) is 23.1. The van der Waals surface area contributed by atoms with Crippen LogP contribution in [0.1, 0.15) is 87.2 Å². The Labute approximate surface area is 222 Å². The van der Waals surface area contributed by atoms with E-state index in [0.29, 0.717) is 11.3 Å². The predicted octanol–water partition coefficient (Wildman–Crippen LogP) is 5.11. The molecule has 1 saturated heterocycles. The highest BCUT2D eigenvalue weighted by Crippen LogP contribution is 2.40. The van der Waals surface area contributed by atoms with Gasteiger partial charge in [0.25, 0.3) is 24.2 Å². The van der Waals surface area contributed by atoms with Crippen molar-refractivity contribution in [2.45, 2.75) is 90.5 Å². The van der Waals surface area contributed by atoms with Gasteiger partial charge in [-0.2, -0.15) is 0 Å². The molecule has 0 saturated carbocycles. The van der Waals surface area contributed by atoms with E-state index in [0.717, 1.165) is 17.2 Å². The van der Waals surface area contributed by atoms with Gasteiger partial charge in [-0.15, -0.1) is 11.3 Å². The van der Waals surface area contributed by atoms with Crippen molar-refractivity contribution in [2.24, 2.45) is 0 Å². The minimum atomic E-state index is -3.11. The molecular formula is C25H33F4N5O3S. The van der Waals surface area contributed by atoms with Crippen molar-refractivity contribution in [1.82, 2.24) is 20.2 Å². The first kappa shape index (κ1) is 29.8. The van der Waals surface area contributed by atoms with Gasteiger partial charge in [0.2, 0.25) is 0 Å². The van der Waals surface area contributed by atoms with Crippen LogP contribution >= 0.6 is 11.3 Å². The maximum absolute atomic E-state index is 14.2. The summed E-state index contributed by atoms with van der Waals surface area (Å²) < 4.78 is 56.6. The Morgan fingerprint density at radius 1 is 1.24 bits per heavy atom. The molecule has 1 aliphatic rings. The summed E-state index contributed by atoms with van der Waals surface area (Å²) in [6.45, 7) is 10.6. The number of likely N-dealkylation sites (tertiary alicyclic amines) is 1. The van der Waals surface area contributed by atoms with Gasteiger partial charge in [0.1, 0.15) is 11.5 Å². The van der Waals surface area contributed by atoms with Gasteiger partial charge in [0.15, 0.2) is 5.01 Å². The predicted molar refractivity (Wildman–Crippen MR) is 137 cm³/mol. The smallest absolute Gasteiger partial charge is 0.280 e. The average Bonchev–Trinajstić information content (AvgIpc) is 3.31. The highest BCUT2D eigenvalue weighted by molar-refractivity contribution is 7.17. The van der Waals surface area contributed by atoms with E-state index in [9.17, 15) is 32.3 Å². The summed E-state index contributed by atoms with van der Waals surface area (Å²) in [5.41, 5.74) is -2.73. The Kier molecular flexibility index (Phi) is 8.14. The molecule has 2 unspecified atom stereocenters. The normalized spacial score (nSPS) is 18.6. The molecule has 1 fully saturated rings. The molecule has 2 amide bonds. The zero-order chi connectivity index (χ0) is 28.8. The fraction of sp³-hybridized carbons (Fsp3) is 0.600. The third-order valence-electron chi connectivity index (χ3n) is 6.14. The minimum Gasteiger partial charge on any atom is -0.388 e. The van der Waals surface area contributed by atoms with Gasteiger partial charge >= 0.3 is 0 Å². The van der Waals surface area contributed by atoms with Crippen LogP contribution in [0.4, 0.5) is 23.4 Å². The summed E-state index contributed by atoms with van der Waals surface area (Å²) in [5.74, 6) is -4.57. The van der Waals surface area contributed by atoms with Crippen LogP contribution in [0.2, 0.25) is 0 Å². The van der Waals surface area contributed by atoms with Crippen LogP contribution < -0.4 is 10.6 Å². The van der Waals surface area contributed by atoms with E-state index >= 15 is 0 Å². The van der Waals surface area contributed by atoms with Crippen LogP contribution in [0.3, 0.4) is 0 Å². The fourth-order valence-electron chi connectivity index (χ4n) is 3.89. The Bertz CT molecular complexity index is 1210. The molecule has 0 radical (unpaired) electrons. The van der Waals surface area contributed by atoms with Crippen molar-refractivity contribution in [1.29, 1.82) is 0 Å². The zero-order valence-electron chi connectivity index (χ0n) is 22.3. The molecule has 3 heterocycles. The number of aliphatic hydroxyl groups is 1. The SMILES string of the molecule is CC1CC(F)(F)CN1C(=O)c1nc(C(=O)NC(C)C(C)(C)O)sc1-c1cnc(NC(C)(C)C)cc1C(F)F. The van der Waals surface area contributed by atoms with Crippen LogP contribution in [0.15, 0.2) is 12.3 Å². The number of alkyl halides is 4. The van der Waals surface area contributed by atoms with E-state index in [1.54, 1.807) is 6.92 Å². The Hall–Kier alpha value is -2.80. The average molecular weight is 560 g/mol. The lowest BCUT2D eigenvalue weighted by atomic mass is 10.0. The molecule has 0 spiro atoms. The first-order valence-corrected chi connectivity index (χ1v) is 12.9. The van der Waals surface area contributed by atoms with Crippen molar-refractivity contribution < 1.29 is 32.3 Å². The van der Waals surface area contributed by atoms with E-state index < -0.39 is 65.9 Å². The van der Waals surface area contributed by atoms with E-state index in [1.165, 1.54) is 20.8 Å². The summed E-state index contributed by atoms with van der Waals surface area (Å²) in [4.78, 5) is 35.6.